The Morgan fingerprint density at radius 1 is 1.35 bits per heavy atom. The van der Waals surface area contributed by atoms with Crippen LogP contribution in [0.2, 0.25) is 0 Å². The molecule has 0 saturated heterocycles. The normalized spacial score (nSPS) is 28.6. The summed E-state index contributed by atoms with van der Waals surface area (Å²) in [5.74, 6) is 1.50. The molecule has 1 aliphatic heterocycles. The number of hydrogen-bond donors (Lipinski definition) is 2. The van der Waals surface area contributed by atoms with Crippen LogP contribution < -0.4 is 15.8 Å². The zero-order chi connectivity index (χ0) is 13.9. The molecule has 3 rings (SSSR count). The Morgan fingerprint density at radius 2 is 2.20 bits per heavy atom. The third-order valence-electron chi connectivity index (χ3n) is 4.40. The van der Waals surface area contributed by atoms with Crippen molar-refractivity contribution < 1.29 is 9.53 Å². The zero-order valence-corrected chi connectivity index (χ0v) is 11.7. The fourth-order valence-electron chi connectivity index (χ4n) is 3.18. The highest BCUT2D eigenvalue weighted by Crippen LogP contribution is 2.27. The molecule has 0 aromatic heterocycles. The Morgan fingerprint density at radius 3 is 3.00 bits per heavy atom. The van der Waals surface area contributed by atoms with Gasteiger partial charge in [0.1, 0.15) is 12.4 Å². The molecule has 1 fully saturated rings. The third-order valence-corrected chi connectivity index (χ3v) is 4.40. The van der Waals surface area contributed by atoms with Crippen molar-refractivity contribution in [2.24, 2.45) is 17.6 Å². The Balaban J connectivity index is 1.51. The minimum absolute atomic E-state index is 0.0695. The average molecular weight is 274 g/mol. The second-order valence-electron chi connectivity index (χ2n) is 6.00. The van der Waals surface area contributed by atoms with Gasteiger partial charge in [-0.3, -0.25) is 4.79 Å². The van der Waals surface area contributed by atoms with Crippen LogP contribution in [-0.4, -0.2) is 25.1 Å². The highest BCUT2D eigenvalue weighted by Gasteiger charge is 2.27. The first-order valence-corrected chi connectivity index (χ1v) is 7.46. The van der Waals surface area contributed by atoms with E-state index in [0.717, 1.165) is 43.5 Å². The molecule has 3 atom stereocenters. The number of rotatable bonds is 3. The summed E-state index contributed by atoms with van der Waals surface area (Å²) >= 11 is 0. The van der Waals surface area contributed by atoms with Gasteiger partial charge in [-0.2, -0.15) is 0 Å². The fraction of sp³-hybridized carbons (Fsp3) is 0.562. The number of amides is 1. The van der Waals surface area contributed by atoms with Crippen molar-refractivity contribution in [2.45, 2.75) is 31.7 Å². The smallest absolute Gasteiger partial charge is 0.226 e. The number of carbonyl (C=O) groups excluding carboxylic acids is 1. The van der Waals surface area contributed by atoms with Gasteiger partial charge in [0.25, 0.3) is 0 Å². The lowest BCUT2D eigenvalue weighted by Gasteiger charge is -2.25. The lowest BCUT2D eigenvalue weighted by Crippen LogP contribution is -2.39. The van der Waals surface area contributed by atoms with Crippen LogP contribution in [0, 0.1) is 11.8 Å². The molecule has 1 aliphatic carbocycles. The topological polar surface area (TPSA) is 64.3 Å². The first-order chi connectivity index (χ1) is 9.72. The minimum Gasteiger partial charge on any atom is -0.492 e. The molecule has 0 bridgehead atoms. The minimum atomic E-state index is -0.0695. The molecule has 3 unspecified atom stereocenters. The molecule has 108 valence electrons. The van der Waals surface area contributed by atoms with Gasteiger partial charge in [0.2, 0.25) is 5.91 Å². The molecule has 1 saturated carbocycles. The van der Waals surface area contributed by atoms with E-state index in [0.29, 0.717) is 18.6 Å². The van der Waals surface area contributed by atoms with Gasteiger partial charge in [0.05, 0.1) is 5.92 Å². The van der Waals surface area contributed by atoms with Crippen molar-refractivity contribution in [1.82, 2.24) is 5.32 Å². The number of ether oxygens (including phenoxy) is 1. The molecule has 0 radical (unpaired) electrons. The lowest BCUT2D eigenvalue weighted by molar-refractivity contribution is -0.126. The van der Waals surface area contributed by atoms with E-state index in [-0.39, 0.29) is 11.8 Å². The molecule has 20 heavy (non-hydrogen) atoms. The van der Waals surface area contributed by atoms with Gasteiger partial charge in [0.15, 0.2) is 0 Å². The number of para-hydroxylation sites is 1. The molecule has 1 aromatic rings. The van der Waals surface area contributed by atoms with Crippen LogP contribution in [0.3, 0.4) is 0 Å². The lowest BCUT2D eigenvalue weighted by atomic mass is 9.96. The van der Waals surface area contributed by atoms with Gasteiger partial charge in [-0.15, -0.1) is 0 Å². The van der Waals surface area contributed by atoms with Crippen LogP contribution in [0.5, 0.6) is 5.75 Å². The first-order valence-electron chi connectivity index (χ1n) is 7.46. The number of nitrogens with one attached hydrogen (secondary N) is 1. The predicted octanol–water partition coefficient (Wildman–Crippen LogP) is 1.48. The Hall–Kier alpha value is -1.55. The monoisotopic (exact) mass is 274 g/mol. The Labute approximate surface area is 119 Å². The van der Waals surface area contributed by atoms with E-state index < -0.39 is 0 Å². The number of benzene rings is 1. The van der Waals surface area contributed by atoms with Crippen molar-refractivity contribution in [3.63, 3.8) is 0 Å². The second-order valence-corrected chi connectivity index (χ2v) is 6.00. The fourth-order valence-corrected chi connectivity index (χ4v) is 3.18. The Kier molecular flexibility index (Phi) is 3.92. The van der Waals surface area contributed by atoms with Crippen molar-refractivity contribution in [1.29, 1.82) is 0 Å². The van der Waals surface area contributed by atoms with Crippen LogP contribution in [0.4, 0.5) is 0 Å². The molecule has 3 N–H and O–H groups in total. The maximum Gasteiger partial charge on any atom is 0.226 e. The quantitative estimate of drug-likeness (QED) is 0.877. The molecule has 4 heteroatoms. The maximum absolute atomic E-state index is 12.2. The van der Waals surface area contributed by atoms with Gasteiger partial charge < -0.3 is 15.8 Å². The molecule has 2 aliphatic rings. The summed E-state index contributed by atoms with van der Waals surface area (Å²) in [5, 5.41) is 3.07. The molecule has 1 amide bonds. The van der Waals surface area contributed by atoms with E-state index in [1.165, 1.54) is 0 Å². The number of fused-ring (bicyclic) bond motifs is 1. The molecule has 4 nitrogen and oxygen atoms in total. The van der Waals surface area contributed by atoms with Gasteiger partial charge in [0, 0.05) is 12.6 Å². The van der Waals surface area contributed by atoms with Crippen LogP contribution >= 0.6 is 0 Å². The molecular weight excluding hydrogens is 252 g/mol. The van der Waals surface area contributed by atoms with Gasteiger partial charge >= 0.3 is 0 Å². The predicted molar refractivity (Wildman–Crippen MR) is 77.5 cm³/mol. The Bertz CT molecular complexity index is 489. The average Bonchev–Trinajstić information content (AvgIpc) is 2.90. The summed E-state index contributed by atoms with van der Waals surface area (Å²) in [6.45, 7) is 1.23. The van der Waals surface area contributed by atoms with E-state index in [1.54, 1.807) is 0 Å². The highest BCUT2D eigenvalue weighted by molar-refractivity contribution is 5.79. The number of nitrogens with two attached hydrogens (primary N) is 1. The highest BCUT2D eigenvalue weighted by atomic mass is 16.5. The SMILES string of the molecule is NC1CCC(CNC(=O)C2COc3ccccc3C2)C1. The van der Waals surface area contributed by atoms with Crippen molar-refractivity contribution in [3.05, 3.63) is 29.8 Å². The van der Waals surface area contributed by atoms with Gasteiger partial charge in [-0.1, -0.05) is 18.2 Å². The van der Waals surface area contributed by atoms with Gasteiger partial charge in [-0.25, -0.2) is 0 Å². The van der Waals surface area contributed by atoms with E-state index in [2.05, 4.69) is 5.32 Å². The standard InChI is InChI=1S/C16H22N2O2/c17-14-6-5-11(7-14)9-18-16(19)13-8-12-3-1-2-4-15(12)20-10-13/h1-4,11,13-14H,5-10,17H2,(H,18,19). The number of hydrogen-bond acceptors (Lipinski definition) is 3. The summed E-state index contributed by atoms with van der Waals surface area (Å²) in [6, 6.07) is 8.26. The second kappa shape index (κ2) is 5.83. The summed E-state index contributed by atoms with van der Waals surface area (Å²) in [6.07, 6.45) is 4.02. The molecule has 0 spiro atoms. The van der Waals surface area contributed by atoms with Crippen LogP contribution in [0.15, 0.2) is 24.3 Å². The molecule has 1 heterocycles. The first kappa shape index (κ1) is 13.4. The van der Waals surface area contributed by atoms with E-state index >= 15 is 0 Å². The largest absolute Gasteiger partial charge is 0.492 e. The van der Waals surface area contributed by atoms with Crippen molar-refractivity contribution in [3.8, 4) is 5.75 Å². The van der Waals surface area contributed by atoms with Gasteiger partial charge in [-0.05, 0) is 43.2 Å². The van der Waals surface area contributed by atoms with E-state index in [9.17, 15) is 4.79 Å². The van der Waals surface area contributed by atoms with Crippen LogP contribution in [-0.2, 0) is 11.2 Å². The summed E-state index contributed by atoms with van der Waals surface area (Å²) in [4.78, 5) is 12.2. The molecule has 1 aromatic carbocycles. The van der Waals surface area contributed by atoms with Crippen molar-refractivity contribution in [2.75, 3.05) is 13.2 Å². The van der Waals surface area contributed by atoms with Crippen LogP contribution in [0.25, 0.3) is 0 Å². The van der Waals surface area contributed by atoms with E-state index in [1.807, 2.05) is 24.3 Å². The third kappa shape index (κ3) is 2.96. The maximum atomic E-state index is 12.2. The summed E-state index contributed by atoms with van der Waals surface area (Å²) in [7, 11) is 0. The van der Waals surface area contributed by atoms with E-state index in [4.69, 9.17) is 10.5 Å². The number of carbonyl (C=O) groups is 1. The summed E-state index contributed by atoms with van der Waals surface area (Å²) < 4.78 is 5.67. The summed E-state index contributed by atoms with van der Waals surface area (Å²) in [5.41, 5.74) is 7.02. The van der Waals surface area contributed by atoms with Crippen molar-refractivity contribution >= 4 is 5.91 Å². The molecular formula is C16H22N2O2. The van der Waals surface area contributed by atoms with Crippen LogP contribution in [0.1, 0.15) is 24.8 Å². The zero-order valence-electron chi connectivity index (χ0n) is 11.7.